The monoisotopic (exact) mass is 369 g/mol. The molecule has 3 heterocycles. The van der Waals surface area contributed by atoms with Gasteiger partial charge >= 0.3 is 0 Å². The molecule has 1 amide bonds. The molecule has 0 bridgehead atoms. The summed E-state index contributed by atoms with van der Waals surface area (Å²) < 4.78 is 0. The molecule has 0 aliphatic carbocycles. The second-order valence-corrected chi connectivity index (χ2v) is 7.25. The minimum atomic E-state index is 0.122. The average molecular weight is 369 g/mol. The Hall–Kier alpha value is -2.61. The molecule has 1 aliphatic heterocycles. The summed E-state index contributed by atoms with van der Waals surface area (Å²) in [4.78, 5) is 33.8. The van der Waals surface area contributed by atoms with Crippen molar-refractivity contribution in [2.75, 3.05) is 39.0 Å². The Morgan fingerprint density at radius 2 is 1.93 bits per heavy atom. The van der Waals surface area contributed by atoms with Gasteiger partial charge in [-0.2, -0.15) is 0 Å². The van der Waals surface area contributed by atoms with Gasteiger partial charge in [0.1, 0.15) is 0 Å². The van der Waals surface area contributed by atoms with Crippen molar-refractivity contribution < 1.29 is 4.79 Å². The molecule has 8 heteroatoms. The van der Waals surface area contributed by atoms with Crippen LogP contribution in [0.5, 0.6) is 0 Å². The number of hydrogen-bond acceptors (Lipinski definition) is 7. The molecule has 1 fully saturated rings. The van der Waals surface area contributed by atoms with Gasteiger partial charge in [0.25, 0.3) is 0 Å². The van der Waals surface area contributed by atoms with E-state index in [-0.39, 0.29) is 11.8 Å². The number of carbonyl (C=O) groups is 1. The van der Waals surface area contributed by atoms with Crippen molar-refractivity contribution in [2.45, 2.75) is 32.6 Å². The zero-order valence-electron chi connectivity index (χ0n) is 16.4. The number of carbonyl (C=O) groups excluding carboxylic acids is 1. The van der Waals surface area contributed by atoms with Gasteiger partial charge in [-0.3, -0.25) is 14.7 Å². The number of likely N-dealkylation sites (tertiary alicyclic amines) is 1. The van der Waals surface area contributed by atoms with E-state index >= 15 is 0 Å². The van der Waals surface area contributed by atoms with Gasteiger partial charge in [0.2, 0.25) is 11.9 Å². The van der Waals surface area contributed by atoms with E-state index in [2.05, 4.69) is 30.2 Å². The van der Waals surface area contributed by atoms with E-state index in [9.17, 15) is 4.79 Å². The van der Waals surface area contributed by atoms with E-state index in [1.165, 1.54) is 0 Å². The second-order valence-electron chi connectivity index (χ2n) is 7.25. The number of likely N-dealkylation sites (N-methyl/N-ethyl adjacent to an activating group) is 1. The Morgan fingerprint density at radius 3 is 2.63 bits per heavy atom. The van der Waals surface area contributed by atoms with Gasteiger partial charge in [-0.1, -0.05) is 0 Å². The molecule has 1 unspecified atom stereocenters. The van der Waals surface area contributed by atoms with Gasteiger partial charge < -0.3 is 10.2 Å². The number of piperidine rings is 1. The van der Waals surface area contributed by atoms with Gasteiger partial charge in [-0.15, -0.1) is 0 Å². The summed E-state index contributed by atoms with van der Waals surface area (Å²) in [7, 11) is 3.58. The molecule has 1 saturated heterocycles. The summed E-state index contributed by atoms with van der Waals surface area (Å²) >= 11 is 0. The van der Waals surface area contributed by atoms with Crippen LogP contribution in [-0.2, 0) is 4.79 Å². The maximum absolute atomic E-state index is 12.1. The van der Waals surface area contributed by atoms with Crippen LogP contribution in [0.3, 0.4) is 0 Å². The van der Waals surface area contributed by atoms with E-state index in [4.69, 9.17) is 0 Å². The van der Waals surface area contributed by atoms with E-state index in [1.54, 1.807) is 31.4 Å². The molecule has 2 aromatic heterocycles. The van der Waals surface area contributed by atoms with Crippen molar-refractivity contribution in [3.05, 3.63) is 35.5 Å². The SMILES string of the molecule is Cc1cc(C)nc(Nc2nccnc2C2CCCN(CC(=O)N(C)C)C2)n1. The number of nitrogens with zero attached hydrogens (tertiary/aromatic N) is 6. The normalized spacial score (nSPS) is 17.6. The van der Waals surface area contributed by atoms with Crippen LogP contribution in [0.25, 0.3) is 0 Å². The third kappa shape index (κ3) is 4.97. The highest BCUT2D eigenvalue weighted by molar-refractivity contribution is 5.77. The molecule has 1 aliphatic rings. The van der Waals surface area contributed by atoms with Crippen molar-refractivity contribution >= 4 is 17.7 Å². The lowest BCUT2D eigenvalue weighted by molar-refractivity contribution is -0.130. The van der Waals surface area contributed by atoms with Gasteiger partial charge in [0, 0.05) is 50.3 Å². The third-order valence-electron chi connectivity index (χ3n) is 4.69. The van der Waals surface area contributed by atoms with Crippen LogP contribution in [0.1, 0.15) is 35.8 Å². The van der Waals surface area contributed by atoms with Crippen LogP contribution in [-0.4, -0.2) is 69.4 Å². The maximum Gasteiger partial charge on any atom is 0.236 e. The topological polar surface area (TPSA) is 87.1 Å². The number of anilines is 2. The number of nitrogens with one attached hydrogen (secondary N) is 1. The largest absolute Gasteiger partial charge is 0.348 e. The van der Waals surface area contributed by atoms with Crippen LogP contribution in [0.15, 0.2) is 18.5 Å². The first-order valence-electron chi connectivity index (χ1n) is 9.25. The average Bonchev–Trinajstić information content (AvgIpc) is 2.61. The molecule has 0 saturated carbocycles. The van der Waals surface area contributed by atoms with E-state index in [1.807, 2.05) is 19.9 Å². The Balaban J connectivity index is 1.77. The fraction of sp³-hybridized carbons (Fsp3) is 0.526. The molecule has 27 heavy (non-hydrogen) atoms. The first-order chi connectivity index (χ1) is 12.9. The van der Waals surface area contributed by atoms with Gasteiger partial charge in [0.15, 0.2) is 5.82 Å². The summed E-state index contributed by atoms with van der Waals surface area (Å²) in [5.41, 5.74) is 2.71. The van der Waals surface area contributed by atoms with Gasteiger partial charge in [-0.25, -0.2) is 15.0 Å². The molecule has 144 valence electrons. The lowest BCUT2D eigenvalue weighted by Gasteiger charge is -2.33. The Labute approximate surface area is 160 Å². The first kappa shape index (κ1) is 19.2. The lowest BCUT2D eigenvalue weighted by Crippen LogP contribution is -2.41. The van der Waals surface area contributed by atoms with Crippen molar-refractivity contribution in [1.82, 2.24) is 29.7 Å². The number of aromatic nitrogens is 4. The zero-order chi connectivity index (χ0) is 19.4. The molecule has 0 spiro atoms. The number of amides is 1. The highest BCUT2D eigenvalue weighted by Crippen LogP contribution is 2.30. The first-order valence-corrected chi connectivity index (χ1v) is 9.25. The Kier molecular flexibility index (Phi) is 5.95. The fourth-order valence-corrected chi connectivity index (χ4v) is 3.39. The van der Waals surface area contributed by atoms with Crippen molar-refractivity contribution in [1.29, 1.82) is 0 Å². The van der Waals surface area contributed by atoms with Gasteiger partial charge in [-0.05, 0) is 39.3 Å². The standard InChI is InChI=1S/C19H27N7O/c1-13-10-14(2)23-19(22-13)24-18-17(20-7-8-21-18)15-6-5-9-26(11-15)12-16(27)25(3)4/h7-8,10,15H,5-6,9,11-12H2,1-4H3,(H,21,22,23,24). The van der Waals surface area contributed by atoms with Crippen LogP contribution >= 0.6 is 0 Å². The molecular weight excluding hydrogens is 342 g/mol. The molecule has 3 rings (SSSR count). The molecular formula is C19H27N7O. The highest BCUT2D eigenvalue weighted by Gasteiger charge is 2.26. The van der Waals surface area contributed by atoms with Crippen molar-refractivity contribution in [2.24, 2.45) is 0 Å². The summed E-state index contributed by atoms with van der Waals surface area (Å²) in [5, 5.41) is 3.24. The molecule has 0 aromatic carbocycles. The predicted octanol–water partition coefficient (Wildman–Crippen LogP) is 1.89. The molecule has 1 atom stereocenters. The maximum atomic E-state index is 12.1. The minimum Gasteiger partial charge on any atom is -0.348 e. The highest BCUT2D eigenvalue weighted by atomic mass is 16.2. The van der Waals surface area contributed by atoms with Crippen LogP contribution < -0.4 is 5.32 Å². The Bertz CT molecular complexity index is 788. The quantitative estimate of drug-likeness (QED) is 0.861. The molecule has 1 N–H and O–H groups in total. The number of hydrogen-bond donors (Lipinski definition) is 1. The summed E-state index contributed by atoms with van der Waals surface area (Å²) in [6.45, 7) is 6.04. The van der Waals surface area contributed by atoms with Crippen molar-refractivity contribution in [3.63, 3.8) is 0 Å². The van der Waals surface area contributed by atoms with Crippen molar-refractivity contribution in [3.8, 4) is 0 Å². The van der Waals surface area contributed by atoms with Gasteiger partial charge in [0.05, 0.1) is 12.2 Å². The second kappa shape index (κ2) is 8.39. The molecule has 8 nitrogen and oxygen atoms in total. The predicted molar refractivity (Wildman–Crippen MR) is 104 cm³/mol. The summed E-state index contributed by atoms with van der Waals surface area (Å²) in [6.07, 6.45) is 5.44. The third-order valence-corrected chi connectivity index (χ3v) is 4.69. The zero-order valence-corrected chi connectivity index (χ0v) is 16.4. The minimum absolute atomic E-state index is 0.122. The summed E-state index contributed by atoms with van der Waals surface area (Å²) in [6, 6.07) is 1.93. The molecule has 2 aromatic rings. The molecule has 0 radical (unpaired) electrons. The van der Waals surface area contributed by atoms with Crippen LogP contribution in [0.2, 0.25) is 0 Å². The summed E-state index contributed by atoms with van der Waals surface area (Å²) in [5.74, 6) is 1.56. The number of rotatable bonds is 5. The van der Waals surface area contributed by atoms with E-state index in [0.29, 0.717) is 18.3 Å². The van der Waals surface area contributed by atoms with Crippen LogP contribution in [0.4, 0.5) is 11.8 Å². The van der Waals surface area contributed by atoms with E-state index < -0.39 is 0 Å². The fourth-order valence-electron chi connectivity index (χ4n) is 3.39. The number of aryl methyl sites for hydroxylation is 2. The smallest absolute Gasteiger partial charge is 0.236 e. The lowest BCUT2D eigenvalue weighted by atomic mass is 9.94. The van der Waals surface area contributed by atoms with E-state index in [0.717, 1.165) is 43.0 Å². The van der Waals surface area contributed by atoms with Crippen LogP contribution in [0, 0.1) is 13.8 Å². The Morgan fingerprint density at radius 1 is 1.22 bits per heavy atom.